The van der Waals surface area contributed by atoms with Gasteiger partial charge in [0.15, 0.2) is 0 Å². The predicted octanol–water partition coefficient (Wildman–Crippen LogP) is 0.514. The summed E-state index contributed by atoms with van der Waals surface area (Å²) >= 11 is 0. The summed E-state index contributed by atoms with van der Waals surface area (Å²) in [6.45, 7) is 4.10. The van der Waals surface area contributed by atoms with Gasteiger partial charge >= 0.3 is 12.0 Å². The van der Waals surface area contributed by atoms with Crippen molar-refractivity contribution < 1.29 is 14.7 Å². The molecule has 0 aromatic carbocycles. The monoisotopic (exact) mass is 212 g/mol. The lowest BCUT2D eigenvalue weighted by Crippen LogP contribution is -2.47. The second-order valence-corrected chi connectivity index (χ2v) is 2.97. The number of urea groups is 1. The Labute approximate surface area is 89.4 Å². The summed E-state index contributed by atoms with van der Waals surface area (Å²) in [5.41, 5.74) is 0. The molecule has 0 aromatic heterocycles. The molecule has 1 unspecified atom stereocenters. The van der Waals surface area contributed by atoms with Crippen molar-refractivity contribution in [2.75, 3.05) is 13.1 Å². The average Bonchev–Trinajstić information content (AvgIpc) is 2.21. The molecule has 0 aromatic rings. The molecule has 0 heterocycles. The van der Waals surface area contributed by atoms with E-state index in [-0.39, 0.29) is 6.54 Å². The molecule has 15 heavy (non-hydrogen) atoms. The van der Waals surface area contributed by atoms with Gasteiger partial charge in [0.05, 0.1) is 6.54 Å². The maximum atomic E-state index is 11.5. The highest BCUT2D eigenvalue weighted by Crippen LogP contribution is 1.95. The minimum absolute atomic E-state index is 0.179. The molecule has 0 spiro atoms. The summed E-state index contributed by atoms with van der Waals surface area (Å²) in [4.78, 5) is 23.5. The van der Waals surface area contributed by atoms with E-state index in [9.17, 15) is 9.59 Å². The van der Waals surface area contributed by atoms with E-state index in [2.05, 4.69) is 11.2 Å². The number of carboxylic acid groups (broad SMARTS) is 1. The van der Waals surface area contributed by atoms with Gasteiger partial charge in [0.2, 0.25) is 0 Å². The predicted molar refractivity (Wildman–Crippen MR) is 56.3 cm³/mol. The fourth-order valence-electron chi connectivity index (χ4n) is 1.02. The van der Waals surface area contributed by atoms with E-state index in [1.807, 2.05) is 0 Å². The van der Waals surface area contributed by atoms with Crippen LogP contribution in [0.4, 0.5) is 4.79 Å². The number of nitrogens with one attached hydrogen (secondary N) is 1. The van der Waals surface area contributed by atoms with Crippen LogP contribution >= 0.6 is 0 Å². The number of amides is 2. The Balaban J connectivity index is 4.32. The van der Waals surface area contributed by atoms with Crippen molar-refractivity contribution in [1.82, 2.24) is 10.2 Å². The number of terminal acetylenes is 1. The maximum absolute atomic E-state index is 11.5. The van der Waals surface area contributed by atoms with Gasteiger partial charge in [0, 0.05) is 6.54 Å². The fourth-order valence-corrected chi connectivity index (χ4v) is 1.02. The van der Waals surface area contributed by atoms with E-state index in [1.54, 1.807) is 13.8 Å². The van der Waals surface area contributed by atoms with Gasteiger partial charge in [-0.15, -0.1) is 6.42 Å². The molecule has 0 bridgehead atoms. The highest BCUT2D eigenvalue weighted by atomic mass is 16.4. The van der Waals surface area contributed by atoms with Gasteiger partial charge in [0.25, 0.3) is 0 Å². The molecule has 0 fully saturated rings. The minimum atomic E-state index is -1.04. The van der Waals surface area contributed by atoms with E-state index in [1.165, 1.54) is 4.90 Å². The van der Waals surface area contributed by atoms with Gasteiger partial charge in [-0.3, -0.25) is 0 Å². The molecular formula is C10H16N2O3. The summed E-state index contributed by atoms with van der Waals surface area (Å²) < 4.78 is 0. The Hall–Kier alpha value is -1.70. The highest BCUT2D eigenvalue weighted by molar-refractivity contribution is 5.82. The third kappa shape index (κ3) is 4.36. The lowest BCUT2D eigenvalue weighted by molar-refractivity contribution is -0.139. The van der Waals surface area contributed by atoms with Gasteiger partial charge in [-0.05, 0) is 13.3 Å². The second-order valence-electron chi connectivity index (χ2n) is 2.97. The fraction of sp³-hybridized carbons (Fsp3) is 0.600. The molecule has 84 valence electrons. The molecule has 2 N–H and O–H groups in total. The molecule has 0 aliphatic rings. The van der Waals surface area contributed by atoms with Crippen LogP contribution in [0.2, 0.25) is 0 Å². The summed E-state index contributed by atoms with van der Waals surface area (Å²) in [5, 5.41) is 11.1. The van der Waals surface area contributed by atoms with Crippen LogP contribution in [-0.2, 0) is 4.79 Å². The molecule has 0 saturated heterocycles. The largest absolute Gasteiger partial charge is 0.480 e. The van der Waals surface area contributed by atoms with Crippen LogP contribution in [0.25, 0.3) is 0 Å². The Kier molecular flexibility index (Phi) is 5.95. The number of hydrogen-bond acceptors (Lipinski definition) is 2. The van der Waals surface area contributed by atoms with Crippen LogP contribution in [0.5, 0.6) is 0 Å². The molecule has 1 atom stereocenters. The Bertz CT molecular complexity index is 270. The zero-order valence-electron chi connectivity index (χ0n) is 8.99. The van der Waals surface area contributed by atoms with Gasteiger partial charge in [-0.1, -0.05) is 12.8 Å². The number of carbonyl (C=O) groups excluding carboxylic acids is 1. The van der Waals surface area contributed by atoms with E-state index in [0.717, 1.165) is 0 Å². The van der Waals surface area contributed by atoms with Crippen molar-refractivity contribution in [1.29, 1.82) is 0 Å². The third-order valence-corrected chi connectivity index (χ3v) is 1.96. The first kappa shape index (κ1) is 13.3. The number of carboxylic acids is 1. The molecule has 0 aliphatic heterocycles. The van der Waals surface area contributed by atoms with Crippen LogP contribution < -0.4 is 5.32 Å². The Morgan fingerprint density at radius 1 is 1.53 bits per heavy atom. The number of carbonyl (C=O) groups is 2. The number of rotatable bonds is 5. The SMILES string of the molecule is C#CCN(CC)C(=O)NC(CC)C(=O)O. The first-order chi connectivity index (χ1) is 7.06. The zero-order chi connectivity index (χ0) is 11.8. The van der Waals surface area contributed by atoms with Crippen molar-refractivity contribution in [3.63, 3.8) is 0 Å². The first-order valence-electron chi connectivity index (χ1n) is 4.78. The van der Waals surface area contributed by atoms with Crippen molar-refractivity contribution in [2.45, 2.75) is 26.3 Å². The number of nitrogens with zero attached hydrogens (tertiary/aromatic N) is 1. The van der Waals surface area contributed by atoms with Crippen LogP contribution in [0, 0.1) is 12.3 Å². The van der Waals surface area contributed by atoms with Crippen molar-refractivity contribution in [2.24, 2.45) is 0 Å². The quantitative estimate of drug-likeness (QED) is 0.652. The summed E-state index contributed by atoms with van der Waals surface area (Å²) in [6.07, 6.45) is 5.42. The molecule has 2 amide bonds. The number of aliphatic carboxylic acids is 1. The average molecular weight is 212 g/mol. The summed E-state index contributed by atoms with van der Waals surface area (Å²) in [5.74, 6) is 1.30. The first-order valence-corrected chi connectivity index (χ1v) is 4.78. The molecular weight excluding hydrogens is 196 g/mol. The minimum Gasteiger partial charge on any atom is -0.480 e. The molecule has 0 aliphatic carbocycles. The zero-order valence-corrected chi connectivity index (χ0v) is 8.99. The van der Waals surface area contributed by atoms with Gasteiger partial charge in [0.1, 0.15) is 6.04 Å². The molecule has 0 rings (SSSR count). The Morgan fingerprint density at radius 3 is 2.47 bits per heavy atom. The second kappa shape index (κ2) is 6.71. The van der Waals surface area contributed by atoms with E-state index in [4.69, 9.17) is 11.5 Å². The summed E-state index contributed by atoms with van der Waals surface area (Å²) in [7, 11) is 0. The highest BCUT2D eigenvalue weighted by Gasteiger charge is 2.20. The molecule has 0 saturated carbocycles. The maximum Gasteiger partial charge on any atom is 0.326 e. The van der Waals surface area contributed by atoms with E-state index >= 15 is 0 Å². The van der Waals surface area contributed by atoms with Crippen LogP contribution in [0.15, 0.2) is 0 Å². The number of hydrogen-bond donors (Lipinski definition) is 2. The lowest BCUT2D eigenvalue weighted by atomic mass is 10.2. The van der Waals surface area contributed by atoms with E-state index in [0.29, 0.717) is 13.0 Å². The van der Waals surface area contributed by atoms with Gasteiger partial charge in [-0.2, -0.15) is 0 Å². The van der Waals surface area contributed by atoms with Crippen LogP contribution in [0.3, 0.4) is 0 Å². The Morgan fingerprint density at radius 2 is 2.13 bits per heavy atom. The van der Waals surface area contributed by atoms with Gasteiger partial charge in [-0.25, -0.2) is 9.59 Å². The lowest BCUT2D eigenvalue weighted by Gasteiger charge is -2.21. The van der Waals surface area contributed by atoms with Crippen molar-refractivity contribution >= 4 is 12.0 Å². The topological polar surface area (TPSA) is 69.6 Å². The van der Waals surface area contributed by atoms with Crippen LogP contribution in [0.1, 0.15) is 20.3 Å². The van der Waals surface area contributed by atoms with Crippen molar-refractivity contribution in [3.05, 3.63) is 0 Å². The summed E-state index contributed by atoms with van der Waals surface area (Å²) in [6, 6.07) is -1.30. The van der Waals surface area contributed by atoms with E-state index < -0.39 is 18.0 Å². The molecule has 0 radical (unpaired) electrons. The normalized spacial score (nSPS) is 11.3. The van der Waals surface area contributed by atoms with Crippen molar-refractivity contribution in [3.8, 4) is 12.3 Å². The third-order valence-electron chi connectivity index (χ3n) is 1.96. The van der Waals surface area contributed by atoms with Gasteiger partial charge < -0.3 is 15.3 Å². The molecule has 5 nitrogen and oxygen atoms in total. The standard InChI is InChI=1S/C10H16N2O3/c1-4-7-12(6-3)10(15)11-8(5-2)9(13)14/h1,8H,5-7H2,2-3H3,(H,11,15)(H,13,14). The van der Waals surface area contributed by atoms with Crippen LogP contribution in [-0.4, -0.2) is 41.1 Å². The molecule has 5 heteroatoms. The smallest absolute Gasteiger partial charge is 0.326 e.